The lowest BCUT2D eigenvalue weighted by Crippen LogP contribution is -2.53. The number of ether oxygens (including phenoxy) is 2. The van der Waals surface area contributed by atoms with E-state index in [1.54, 1.807) is 20.8 Å². The molecule has 0 radical (unpaired) electrons. The summed E-state index contributed by atoms with van der Waals surface area (Å²) in [6.07, 6.45) is -10.8. The topological polar surface area (TPSA) is 101 Å². The molecule has 2 aromatic carbocycles. The van der Waals surface area contributed by atoms with Crippen molar-refractivity contribution in [1.82, 2.24) is 15.2 Å². The number of halogens is 8. The molecule has 3 aromatic rings. The van der Waals surface area contributed by atoms with Gasteiger partial charge in [-0.2, -0.15) is 26.3 Å². The maximum Gasteiger partial charge on any atom is 0.430 e. The molecule has 2 N–H and O–H groups in total. The number of alkyl halides is 6. The molecule has 0 saturated carbocycles. The summed E-state index contributed by atoms with van der Waals surface area (Å²) in [4.78, 5) is 31.5. The number of benzene rings is 2. The van der Waals surface area contributed by atoms with Gasteiger partial charge in [0.15, 0.2) is 11.6 Å². The summed E-state index contributed by atoms with van der Waals surface area (Å²) in [5, 5.41) is 12.4. The number of pyridine rings is 1. The third kappa shape index (κ3) is 6.98. The minimum Gasteiger partial charge on any atom is -0.488 e. The minimum atomic E-state index is -6.06. The Labute approximate surface area is 278 Å². The molecule has 2 heterocycles. The average Bonchev–Trinajstić information content (AvgIpc) is 3.18. The van der Waals surface area contributed by atoms with Gasteiger partial charge in [-0.25, -0.2) is 14.2 Å². The van der Waals surface area contributed by atoms with Crippen LogP contribution in [0.5, 0.6) is 17.4 Å². The van der Waals surface area contributed by atoms with Gasteiger partial charge < -0.3 is 19.9 Å². The van der Waals surface area contributed by atoms with E-state index in [0.717, 1.165) is 17.0 Å². The molecule has 8 nitrogen and oxygen atoms in total. The number of aromatic nitrogens is 1. The van der Waals surface area contributed by atoms with E-state index in [2.05, 4.69) is 10.3 Å². The van der Waals surface area contributed by atoms with Gasteiger partial charge in [0.2, 0.25) is 5.88 Å². The van der Waals surface area contributed by atoms with Crippen LogP contribution in [0, 0.1) is 9.39 Å². The molecule has 1 aliphatic heterocycles. The quantitative estimate of drug-likeness (QED) is 0.125. The van der Waals surface area contributed by atoms with Gasteiger partial charge in [0.25, 0.3) is 11.5 Å². The zero-order valence-electron chi connectivity index (χ0n) is 25.3. The molecular formula is C31H29F7IN3O5. The van der Waals surface area contributed by atoms with Crippen LogP contribution < -0.4 is 14.8 Å². The lowest BCUT2D eigenvalue weighted by atomic mass is 9.90. The van der Waals surface area contributed by atoms with Gasteiger partial charge in [0, 0.05) is 21.4 Å². The van der Waals surface area contributed by atoms with Crippen LogP contribution in [0.25, 0.3) is 0 Å². The zero-order valence-corrected chi connectivity index (χ0v) is 27.5. The number of rotatable bonds is 10. The Morgan fingerprint density at radius 3 is 2.21 bits per heavy atom. The molecule has 1 aromatic heterocycles. The summed E-state index contributed by atoms with van der Waals surface area (Å²) in [5.74, 6) is -1.67. The minimum absolute atomic E-state index is 0.00159. The van der Waals surface area contributed by atoms with E-state index in [9.17, 15) is 45.4 Å². The van der Waals surface area contributed by atoms with Crippen molar-refractivity contribution in [2.45, 2.75) is 76.7 Å². The van der Waals surface area contributed by atoms with Crippen LogP contribution in [0.2, 0.25) is 0 Å². The number of amides is 3. The first kappa shape index (κ1) is 36.2. The molecule has 254 valence electrons. The van der Waals surface area contributed by atoms with Crippen molar-refractivity contribution in [2.24, 2.45) is 0 Å². The van der Waals surface area contributed by atoms with E-state index in [4.69, 9.17) is 9.47 Å². The van der Waals surface area contributed by atoms with Crippen LogP contribution in [-0.2, 0) is 28.9 Å². The number of aryl methyl sites for hydroxylation is 1. The summed E-state index contributed by atoms with van der Waals surface area (Å²) in [5.41, 5.74) is -7.66. The van der Waals surface area contributed by atoms with Gasteiger partial charge in [0.05, 0.1) is 12.6 Å². The highest BCUT2D eigenvalue weighted by atomic mass is 127. The van der Waals surface area contributed by atoms with Crippen molar-refractivity contribution in [3.8, 4) is 17.4 Å². The summed E-state index contributed by atoms with van der Waals surface area (Å²) in [6, 6.07) is 6.47. The Bertz CT molecular complexity index is 1670. The maximum absolute atomic E-state index is 14.7. The van der Waals surface area contributed by atoms with Gasteiger partial charge in [-0.1, -0.05) is 25.5 Å². The molecule has 1 unspecified atom stereocenters. The fourth-order valence-corrected chi connectivity index (χ4v) is 5.44. The highest BCUT2D eigenvalue weighted by Crippen LogP contribution is 2.50. The first-order valence-electron chi connectivity index (χ1n) is 14.1. The smallest absolute Gasteiger partial charge is 0.430 e. The van der Waals surface area contributed by atoms with Gasteiger partial charge in [-0.15, -0.1) is 0 Å². The maximum atomic E-state index is 14.7. The molecule has 1 saturated heterocycles. The Morgan fingerprint density at radius 2 is 1.64 bits per heavy atom. The second-order valence-corrected chi connectivity index (χ2v) is 12.4. The van der Waals surface area contributed by atoms with E-state index < -0.39 is 46.8 Å². The fraction of sp³-hybridized carbons (Fsp3) is 0.387. The molecule has 3 amide bonds. The van der Waals surface area contributed by atoms with Crippen LogP contribution in [0.15, 0.2) is 48.7 Å². The standard InChI is InChI=1S/C31H29F7IN3O5/c1-5-6-17-11-20(29(45,30(33,34)35)31(36,37)38)8-9-23(17)47-25-12-18(22(39)14-40-25)15-42-26(43)28(4,41-27(42)44)19-7-10-24(21(32)13-19)46-16(2)3/h7-14,16,45H,5-6,15H2,1-4H3,(H,41,44). The van der Waals surface area contributed by atoms with Crippen molar-refractivity contribution in [2.75, 3.05) is 0 Å². The van der Waals surface area contributed by atoms with Crippen LogP contribution >= 0.6 is 22.6 Å². The third-order valence-electron chi connectivity index (χ3n) is 7.42. The molecule has 4 rings (SSSR count). The summed E-state index contributed by atoms with van der Waals surface area (Å²) in [6.45, 7) is 6.24. The van der Waals surface area contributed by atoms with Gasteiger partial charge >= 0.3 is 18.4 Å². The largest absolute Gasteiger partial charge is 0.488 e. The van der Waals surface area contributed by atoms with Crippen molar-refractivity contribution in [3.63, 3.8) is 0 Å². The lowest BCUT2D eigenvalue weighted by Gasteiger charge is -2.33. The molecule has 16 heteroatoms. The number of imide groups is 1. The van der Waals surface area contributed by atoms with Crippen LogP contribution in [0.1, 0.15) is 56.4 Å². The first-order chi connectivity index (χ1) is 21.7. The van der Waals surface area contributed by atoms with Crippen molar-refractivity contribution < 1.29 is 54.9 Å². The van der Waals surface area contributed by atoms with Crippen LogP contribution in [0.3, 0.4) is 0 Å². The normalized spacial score (nSPS) is 17.4. The van der Waals surface area contributed by atoms with Crippen molar-refractivity contribution in [1.29, 1.82) is 0 Å². The Balaban J connectivity index is 1.61. The number of nitrogens with one attached hydrogen (secondary N) is 1. The van der Waals surface area contributed by atoms with E-state index in [-0.39, 0.29) is 47.6 Å². The Hall–Kier alpha value is -3.67. The molecule has 0 bridgehead atoms. The predicted octanol–water partition coefficient (Wildman–Crippen LogP) is 7.64. The second kappa shape index (κ2) is 13.1. The SMILES string of the molecule is CCCc1cc(C(O)(C(F)(F)F)C(F)(F)F)ccc1Oc1cc(CN2C(=O)NC(C)(c3ccc(OC(C)C)c(F)c3)C2=O)c(I)cn1. The number of nitrogens with zero attached hydrogens (tertiary/aromatic N) is 2. The first-order valence-corrected chi connectivity index (χ1v) is 15.2. The van der Waals surface area contributed by atoms with E-state index >= 15 is 0 Å². The van der Waals surface area contributed by atoms with Crippen LogP contribution in [0.4, 0.5) is 35.5 Å². The molecule has 47 heavy (non-hydrogen) atoms. The Kier molecular flexibility index (Phi) is 10.1. The summed E-state index contributed by atoms with van der Waals surface area (Å²) < 4.78 is 107. The second-order valence-electron chi connectivity index (χ2n) is 11.3. The van der Waals surface area contributed by atoms with E-state index in [1.807, 2.05) is 22.6 Å². The summed E-state index contributed by atoms with van der Waals surface area (Å²) >= 11 is 1.90. The van der Waals surface area contributed by atoms with Gasteiger partial charge in [-0.3, -0.25) is 9.69 Å². The van der Waals surface area contributed by atoms with Crippen LogP contribution in [-0.4, -0.2) is 45.4 Å². The lowest BCUT2D eigenvalue weighted by molar-refractivity contribution is -0.376. The van der Waals surface area contributed by atoms with Gasteiger partial charge in [0.1, 0.15) is 11.3 Å². The fourth-order valence-electron chi connectivity index (χ4n) is 4.97. The molecule has 1 aliphatic rings. The molecule has 1 atom stereocenters. The molecule has 0 aliphatic carbocycles. The highest BCUT2D eigenvalue weighted by Gasteiger charge is 2.71. The molecule has 1 fully saturated rings. The van der Waals surface area contributed by atoms with E-state index in [0.29, 0.717) is 27.7 Å². The zero-order chi connectivity index (χ0) is 35.1. The third-order valence-corrected chi connectivity index (χ3v) is 8.39. The number of hydrogen-bond donors (Lipinski definition) is 2. The number of urea groups is 1. The van der Waals surface area contributed by atoms with Gasteiger partial charge in [-0.05, 0) is 90.7 Å². The Morgan fingerprint density at radius 1 is 1.00 bits per heavy atom. The number of hydrogen-bond acceptors (Lipinski definition) is 6. The molecular weight excluding hydrogens is 754 g/mol. The highest BCUT2D eigenvalue weighted by molar-refractivity contribution is 14.1. The number of carbonyl (C=O) groups excluding carboxylic acids is 2. The number of carbonyl (C=O) groups is 2. The molecule has 0 spiro atoms. The van der Waals surface area contributed by atoms with E-state index in [1.165, 1.54) is 31.3 Å². The predicted molar refractivity (Wildman–Crippen MR) is 162 cm³/mol. The summed E-state index contributed by atoms with van der Waals surface area (Å²) in [7, 11) is 0. The number of aliphatic hydroxyl groups is 1. The van der Waals surface area contributed by atoms with Crippen molar-refractivity contribution >= 4 is 34.5 Å². The van der Waals surface area contributed by atoms with Crippen molar-refractivity contribution in [3.05, 3.63) is 80.3 Å². The average molecular weight is 783 g/mol. The monoisotopic (exact) mass is 783 g/mol.